The average Bonchev–Trinajstić information content (AvgIpc) is 2.63. The minimum Gasteiger partial charge on any atom is -0.376 e. The fourth-order valence-corrected chi connectivity index (χ4v) is 3.00. The van der Waals surface area contributed by atoms with Crippen LogP contribution in [-0.2, 0) is 0 Å². The van der Waals surface area contributed by atoms with Gasteiger partial charge in [-0.25, -0.2) is 5.01 Å². The van der Waals surface area contributed by atoms with E-state index in [1.807, 2.05) is 6.92 Å². The van der Waals surface area contributed by atoms with Crippen molar-refractivity contribution >= 4 is 0 Å². The maximum absolute atomic E-state index is 3.93. The minimum atomic E-state index is 0.896. The molecule has 0 amide bonds. The number of unbranched alkanes of at least 4 members (excludes halogenated alkanes) is 8. The van der Waals surface area contributed by atoms with Gasteiger partial charge in [0.15, 0.2) is 0 Å². The molecule has 0 aromatic rings. The normalized spacial score (nSPS) is 11.5. The lowest BCUT2D eigenvalue weighted by Crippen LogP contribution is -2.45. The van der Waals surface area contributed by atoms with Crippen LogP contribution >= 0.6 is 0 Å². The minimum absolute atomic E-state index is 0.896. The quantitative estimate of drug-likeness (QED) is 0.177. The zero-order chi connectivity index (χ0) is 19.5. The number of rotatable bonds is 20. The van der Waals surface area contributed by atoms with E-state index in [0.29, 0.717) is 0 Å². The second-order valence-corrected chi connectivity index (χ2v) is 7.55. The summed E-state index contributed by atoms with van der Waals surface area (Å²) >= 11 is 0. The van der Waals surface area contributed by atoms with Gasteiger partial charge in [0.2, 0.25) is 0 Å². The third-order valence-corrected chi connectivity index (χ3v) is 4.89. The first-order valence-electron chi connectivity index (χ1n) is 11.2. The third kappa shape index (κ3) is 16.9. The Morgan fingerprint density at radius 3 is 2.00 bits per heavy atom. The van der Waals surface area contributed by atoms with Gasteiger partial charge < -0.3 is 5.32 Å². The molecule has 0 aliphatic rings. The molecule has 0 heterocycles. The monoisotopic (exact) mass is 368 g/mol. The summed E-state index contributed by atoms with van der Waals surface area (Å²) in [5.74, 6) is 0. The molecule has 0 aliphatic heterocycles. The van der Waals surface area contributed by atoms with Crippen LogP contribution in [-0.4, -0.2) is 49.3 Å². The van der Waals surface area contributed by atoms with Crippen molar-refractivity contribution < 1.29 is 0 Å². The molecule has 0 atom stereocenters. The van der Waals surface area contributed by atoms with Crippen LogP contribution in [0.1, 0.15) is 91.9 Å². The molecule has 0 unspecified atom stereocenters. The SMILES string of the molecule is C=C(C)NCN(CC)CCN(CCCCCC)NCCCCCCCC. The molecule has 0 bridgehead atoms. The van der Waals surface area contributed by atoms with Crippen LogP contribution in [0.2, 0.25) is 0 Å². The molecule has 4 heteroatoms. The molecule has 0 radical (unpaired) electrons. The van der Waals surface area contributed by atoms with Gasteiger partial charge in [-0.3, -0.25) is 10.3 Å². The van der Waals surface area contributed by atoms with Gasteiger partial charge in [-0.05, 0) is 26.3 Å². The van der Waals surface area contributed by atoms with Gasteiger partial charge in [-0.2, -0.15) is 0 Å². The van der Waals surface area contributed by atoms with Crippen LogP contribution < -0.4 is 10.7 Å². The van der Waals surface area contributed by atoms with E-state index < -0.39 is 0 Å². The van der Waals surface area contributed by atoms with Gasteiger partial charge in [-0.1, -0.05) is 78.7 Å². The fraction of sp³-hybridized carbons (Fsp3) is 0.909. The summed E-state index contributed by atoms with van der Waals surface area (Å²) in [5, 5.41) is 5.81. The first-order chi connectivity index (χ1) is 12.6. The Morgan fingerprint density at radius 1 is 0.769 bits per heavy atom. The number of allylic oxidation sites excluding steroid dienone is 1. The molecule has 156 valence electrons. The van der Waals surface area contributed by atoms with Crippen LogP contribution in [0.25, 0.3) is 0 Å². The fourth-order valence-electron chi connectivity index (χ4n) is 3.00. The molecule has 0 spiro atoms. The molecule has 0 aliphatic carbocycles. The highest BCUT2D eigenvalue weighted by Gasteiger charge is 2.08. The van der Waals surface area contributed by atoms with Crippen molar-refractivity contribution in [1.29, 1.82) is 0 Å². The topological polar surface area (TPSA) is 30.5 Å². The van der Waals surface area contributed by atoms with Gasteiger partial charge in [0.25, 0.3) is 0 Å². The summed E-state index contributed by atoms with van der Waals surface area (Å²) in [6.45, 7) is 19.2. The highest BCUT2D eigenvalue weighted by atomic mass is 15.5. The number of hydrogen-bond donors (Lipinski definition) is 2. The van der Waals surface area contributed by atoms with Crippen molar-refractivity contribution in [2.75, 3.05) is 39.4 Å². The van der Waals surface area contributed by atoms with E-state index in [0.717, 1.165) is 38.5 Å². The lowest BCUT2D eigenvalue weighted by atomic mass is 10.1. The molecule has 0 rings (SSSR count). The third-order valence-electron chi connectivity index (χ3n) is 4.89. The van der Waals surface area contributed by atoms with Crippen LogP contribution in [0.5, 0.6) is 0 Å². The van der Waals surface area contributed by atoms with Crippen molar-refractivity contribution in [3.05, 3.63) is 12.3 Å². The number of likely N-dealkylation sites (N-methyl/N-ethyl adjacent to an activating group) is 1. The summed E-state index contributed by atoms with van der Waals surface area (Å²) in [6.07, 6.45) is 13.5. The summed E-state index contributed by atoms with van der Waals surface area (Å²) in [4.78, 5) is 2.44. The van der Waals surface area contributed by atoms with E-state index in [1.165, 1.54) is 70.8 Å². The van der Waals surface area contributed by atoms with Gasteiger partial charge in [0.1, 0.15) is 0 Å². The summed E-state index contributed by atoms with van der Waals surface area (Å²) in [6, 6.07) is 0. The summed E-state index contributed by atoms with van der Waals surface area (Å²) < 4.78 is 0. The van der Waals surface area contributed by atoms with Crippen molar-refractivity contribution in [2.24, 2.45) is 0 Å². The molecule has 0 aromatic heterocycles. The second kappa shape index (κ2) is 19.2. The number of hydrogen-bond acceptors (Lipinski definition) is 4. The van der Waals surface area contributed by atoms with E-state index in [9.17, 15) is 0 Å². The Kier molecular flexibility index (Phi) is 18.8. The van der Waals surface area contributed by atoms with Crippen LogP contribution in [0.4, 0.5) is 0 Å². The zero-order valence-electron chi connectivity index (χ0n) is 18.4. The summed E-state index contributed by atoms with van der Waals surface area (Å²) in [5.41, 5.74) is 4.74. The molecule has 26 heavy (non-hydrogen) atoms. The van der Waals surface area contributed by atoms with Gasteiger partial charge in [0, 0.05) is 31.9 Å². The van der Waals surface area contributed by atoms with Crippen molar-refractivity contribution in [3.63, 3.8) is 0 Å². The number of hydrazine groups is 1. The van der Waals surface area contributed by atoms with Gasteiger partial charge in [-0.15, -0.1) is 0 Å². The Morgan fingerprint density at radius 2 is 1.38 bits per heavy atom. The molecule has 0 saturated heterocycles. The van der Waals surface area contributed by atoms with E-state index >= 15 is 0 Å². The lowest BCUT2D eigenvalue weighted by molar-refractivity contribution is 0.148. The predicted octanol–water partition coefficient (Wildman–Crippen LogP) is 5.14. The highest BCUT2D eigenvalue weighted by molar-refractivity contribution is 4.83. The molecule has 0 fully saturated rings. The number of nitrogens with zero attached hydrogens (tertiary/aromatic N) is 2. The predicted molar refractivity (Wildman–Crippen MR) is 117 cm³/mol. The van der Waals surface area contributed by atoms with E-state index in [4.69, 9.17) is 0 Å². The van der Waals surface area contributed by atoms with Crippen LogP contribution in [0, 0.1) is 0 Å². The molecule has 0 aromatic carbocycles. The Labute approximate surface area is 164 Å². The molecule has 2 N–H and O–H groups in total. The maximum Gasteiger partial charge on any atom is 0.0675 e. The molecule has 4 nitrogen and oxygen atoms in total. The molecular formula is C22H48N4. The van der Waals surface area contributed by atoms with E-state index in [-0.39, 0.29) is 0 Å². The highest BCUT2D eigenvalue weighted by Crippen LogP contribution is 2.05. The smallest absolute Gasteiger partial charge is 0.0675 e. The molecular weight excluding hydrogens is 320 g/mol. The van der Waals surface area contributed by atoms with Crippen LogP contribution in [0.15, 0.2) is 12.3 Å². The van der Waals surface area contributed by atoms with Gasteiger partial charge in [0.05, 0.1) is 6.67 Å². The van der Waals surface area contributed by atoms with Crippen molar-refractivity contribution in [1.82, 2.24) is 20.7 Å². The molecule has 0 saturated carbocycles. The zero-order valence-corrected chi connectivity index (χ0v) is 18.4. The van der Waals surface area contributed by atoms with Crippen LogP contribution in [0.3, 0.4) is 0 Å². The first-order valence-corrected chi connectivity index (χ1v) is 11.2. The Hall–Kier alpha value is -0.580. The van der Waals surface area contributed by atoms with Crippen molar-refractivity contribution in [3.8, 4) is 0 Å². The lowest BCUT2D eigenvalue weighted by Gasteiger charge is -2.28. The Bertz CT molecular complexity index is 307. The maximum atomic E-state index is 3.93. The van der Waals surface area contributed by atoms with Crippen molar-refractivity contribution in [2.45, 2.75) is 91.9 Å². The summed E-state index contributed by atoms with van der Waals surface area (Å²) in [7, 11) is 0. The van der Waals surface area contributed by atoms with E-state index in [2.05, 4.69) is 48.0 Å². The first kappa shape index (κ1) is 25.4. The second-order valence-electron chi connectivity index (χ2n) is 7.55. The number of nitrogens with one attached hydrogen (secondary N) is 2. The average molecular weight is 369 g/mol. The van der Waals surface area contributed by atoms with Gasteiger partial charge >= 0.3 is 0 Å². The standard InChI is InChI=1S/C22H48N4/c1-6-9-11-13-14-15-17-24-26(18-16-12-10-7-2)20-19-25(8-3)21-23-22(4)5/h23-24H,4,6-21H2,1-3,5H3. The Balaban J connectivity index is 4.08. The van der Waals surface area contributed by atoms with E-state index in [1.54, 1.807) is 0 Å². The largest absolute Gasteiger partial charge is 0.376 e.